The number of hydrogen-bond donors (Lipinski definition) is 1. The molecule has 0 aliphatic heterocycles. The monoisotopic (exact) mass is 294 g/mol. The topological polar surface area (TPSA) is 67.8 Å². The molecule has 0 aliphatic carbocycles. The molecule has 0 fully saturated rings. The van der Waals surface area contributed by atoms with Crippen LogP contribution in [0.2, 0.25) is 0 Å². The van der Waals surface area contributed by atoms with E-state index in [1.807, 2.05) is 18.2 Å². The molecule has 0 bridgehead atoms. The molecule has 6 heteroatoms. The maximum atomic E-state index is 12.8. The molecule has 1 amide bonds. The maximum absolute atomic E-state index is 12.8. The van der Waals surface area contributed by atoms with E-state index >= 15 is 0 Å². The van der Waals surface area contributed by atoms with Gasteiger partial charge in [-0.05, 0) is 48.5 Å². The largest absolute Gasteiger partial charge is 0.305 e. The summed E-state index contributed by atoms with van der Waals surface area (Å²) in [6.07, 6.45) is 1.67. The molecule has 0 spiro atoms. The van der Waals surface area contributed by atoms with E-state index < -0.39 is 5.82 Å². The van der Waals surface area contributed by atoms with Crippen molar-refractivity contribution in [2.45, 2.75) is 0 Å². The number of halogens is 1. The van der Waals surface area contributed by atoms with Crippen molar-refractivity contribution in [1.29, 1.82) is 0 Å². The first kappa shape index (κ1) is 13.8. The minimum Gasteiger partial charge on any atom is -0.305 e. The number of carbonyl (C=O) groups excluding carboxylic acids is 1. The van der Waals surface area contributed by atoms with Crippen LogP contribution >= 0.6 is 0 Å². The molecule has 0 aliphatic rings. The Bertz CT molecular complexity index is 774. The normalized spacial score (nSPS) is 10.2. The highest BCUT2D eigenvalue weighted by molar-refractivity contribution is 6.03. The van der Waals surface area contributed by atoms with Gasteiger partial charge >= 0.3 is 0 Å². The van der Waals surface area contributed by atoms with Gasteiger partial charge in [-0.2, -0.15) is 0 Å². The molecule has 0 saturated carbocycles. The lowest BCUT2D eigenvalue weighted by Gasteiger charge is -2.04. The molecule has 0 unspecified atom stereocenters. The summed E-state index contributed by atoms with van der Waals surface area (Å²) < 4.78 is 12.8. The van der Waals surface area contributed by atoms with Gasteiger partial charge in [-0.1, -0.05) is 6.07 Å². The molecule has 3 aromatic rings. The van der Waals surface area contributed by atoms with Crippen LogP contribution in [-0.4, -0.2) is 21.1 Å². The number of nitrogens with zero attached hydrogens (tertiary/aromatic N) is 3. The van der Waals surface area contributed by atoms with Crippen molar-refractivity contribution in [3.05, 3.63) is 72.2 Å². The zero-order chi connectivity index (χ0) is 15.4. The summed E-state index contributed by atoms with van der Waals surface area (Å²) in [5, 5.41) is 10.6. The fourth-order valence-corrected chi connectivity index (χ4v) is 1.84. The molecule has 22 heavy (non-hydrogen) atoms. The van der Waals surface area contributed by atoms with E-state index in [1.165, 1.54) is 24.3 Å². The average Bonchev–Trinajstić information content (AvgIpc) is 2.57. The van der Waals surface area contributed by atoms with Crippen molar-refractivity contribution >= 4 is 11.7 Å². The summed E-state index contributed by atoms with van der Waals surface area (Å²) >= 11 is 0. The van der Waals surface area contributed by atoms with Crippen molar-refractivity contribution in [1.82, 2.24) is 15.2 Å². The Morgan fingerprint density at radius 3 is 2.36 bits per heavy atom. The minimum atomic E-state index is -0.393. The highest BCUT2D eigenvalue weighted by Gasteiger charge is 2.08. The maximum Gasteiger partial charge on any atom is 0.256 e. The first-order chi connectivity index (χ1) is 10.7. The number of aromatic nitrogens is 3. The molecule has 1 aromatic carbocycles. The standard InChI is InChI=1S/C16H11FN4O/c17-12-6-4-11(5-7-12)16(22)19-15-9-8-14(20-21-15)13-3-1-2-10-18-13/h1-10H,(H,19,21,22). The third kappa shape index (κ3) is 3.12. The van der Waals surface area contributed by atoms with E-state index in [0.717, 1.165) is 0 Å². The number of carbonyl (C=O) groups is 1. The number of pyridine rings is 1. The first-order valence-electron chi connectivity index (χ1n) is 6.54. The van der Waals surface area contributed by atoms with Gasteiger partial charge in [0.2, 0.25) is 0 Å². The summed E-state index contributed by atoms with van der Waals surface area (Å²) in [5.74, 6) is -0.454. The fourth-order valence-electron chi connectivity index (χ4n) is 1.84. The van der Waals surface area contributed by atoms with E-state index in [2.05, 4.69) is 20.5 Å². The lowest BCUT2D eigenvalue weighted by atomic mass is 10.2. The number of anilines is 1. The third-order valence-electron chi connectivity index (χ3n) is 2.94. The van der Waals surface area contributed by atoms with Gasteiger partial charge in [0.05, 0.1) is 5.69 Å². The molecule has 1 N–H and O–H groups in total. The van der Waals surface area contributed by atoms with E-state index in [1.54, 1.807) is 18.3 Å². The number of nitrogens with one attached hydrogen (secondary N) is 1. The molecular formula is C16H11FN4O. The van der Waals surface area contributed by atoms with Crippen molar-refractivity contribution < 1.29 is 9.18 Å². The highest BCUT2D eigenvalue weighted by Crippen LogP contribution is 2.14. The lowest BCUT2D eigenvalue weighted by Crippen LogP contribution is -2.13. The van der Waals surface area contributed by atoms with Crippen LogP contribution in [0, 0.1) is 5.82 Å². The van der Waals surface area contributed by atoms with Crippen LogP contribution in [0.15, 0.2) is 60.8 Å². The Balaban J connectivity index is 1.73. The zero-order valence-electron chi connectivity index (χ0n) is 11.4. The van der Waals surface area contributed by atoms with Crippen LogP contribution in [0.4, 0.5) is 10.2 Å². The summed E-state index contributed by atoms with van der Waals surface area (Å²) in [6.45, 7) is 0. The summed E-state index contributed by atoms with van der Waals surface area (Å²) in [7, 11) is 0. The van der Waals surface area contributed by atoms with E-state index in [4.69, 9.17) is 0 Å². The van der Waals surface area contributed by atoms with Gasteiger partial charge in [-0.15, -0.1) is 10.2 Å². The van der Waals surface area contributed by atoms with Gasteiger partial charge in [0.1, 0.15) is 11.5 Å². The van der Waals surface area contributed by atoms with Crippen LogP contribution in [0.1, 0.15) is 10.4 Å². The van der Waals surface area contributed by atoms with Gasteiger partial charge in [-0.25, -0.2) is 4.39 Å². The van der Waals surface area contributed by atoms with Crippen LogP contribution < -0.4 is 5.32 Å². The van der Waals surface area contributed by atoms with Crippen LogP contribution in [0.25, 0.3) is 11.4 Å². The number of rotatable bonds is 3. The Labute approximate surface area is 125 Å². The average molecular weight is 294 g/mol. The number of hydrogen-bond acceptors (Lipinski definition) is 4. The summed E-state index contributed by atoms with van der Waals surface area (Å²) in [5.41, 5.74) is 1.66. The van der Waals surface area contributed by atoms with Crippen molar-refractivity contribution in [2.75, 3.05) is 5.32 Å². The molecular weight excluding hydrogens is 283 g/mol. The van der Waals surface area contributed by atoms with Crippen LogP contribution in [-0.2, 0) is 0 Å². The minimum absolute atomic E-state index is 0.314. The first-order valence-corrected chi connectivity index (χ1v) is 6.54. The second kappa shape index (κ2) is 6.09. The molecule has 108 valence electrons. The van der Waals surface area contributed by atoms with E-state index in [-0.39, 0.29) is 5.91 Å². The molecule has 0 saturated heterocycles. The summed E-state index contributed by atoms with van der Waals surface area (Å²) in [4.78, 5) is 16.1. The predicted octanol–water partition coefficient (Wildman–Crippen LogP) is 2.93. The van der Waals surface area contributed by atoms with E-state index in [0.29, 0.717) is 22.8 Å². The van der Waals surface area contributed by atoms with Gasteiger partial charge in [0.25, 0.3) is 5.91 Å². The highest BCUT2D eigenvalue weighted by atomic mass is 19.1. The predicted molar refractivity (Wildman–Crippen MR) is 79.6 cm³/mol. The van der Waals surface area contributed by atoms with Crippen molar-refractivity contribution in [3.63, 3.8) is 0 Å². The quantitative estimate of drug-likeness (QED) is 0.806. The van der Waals surface area contributed by atoms with Gasteiger partial charge < -0.3 is 5.32 Å². The zero-order valence-corrected chi connectivity index (χ0v) is 11.4. The molecule has 2 heterocycles. The van der Waals surface area contributed by atoms with E-state index in [9.17, 15) is 9.18 Å². The molecule has 2 aromatic heterocycles. The van der Waals surface area contributed by atoms with Crippen LogP contribution in [0.5, 0.6) is 0 Å². The number of benzene rings is 1. The Morgan fingerprint density at radius 2 is 1.73 bits per heavy atom. The third-order valence-corrected chi connectivity index (χ3v) is 2.94. The Hall–Kier alpha value is -3.15. The SMILES string of the molecule is O=C(Nc1ccc(-c2ccccn2)nn1)c1ccc(F)cc1. The number of amides is 1. The second-order valence-corrected chi connectivity index (χ2v) is 4.48. The molecule has 5 nitrogen and oxygen atoms in total. The van der Waals surface area contributed by atoms with Gasteiger partial charge in [0, 0.05) is 11.8 Å². The molecule has 0 atom stereocenters. The Morgan fingerprint density at radius 1 is 0.909 bits per heavy atom. The lowest BCUT2D eigenvalue weighted by molar-refractivity contribution is 0.102. The van der Waals surface area contributed by atoms with Crippen LogP contribution in [0.3, 0.4) is 0 Å². The van der Waals surface area contributed by atoms with Gasteiger partial charge in [-0.3, -0.25) is 9.78 Å². The second-order valence-electron chi connectivity index (χ2n) is 4.48. The smallest absolute Gasteiger partial charge is 0.256 e. The molecule has 0 radical (unpaired) electrons. The van der Waals surface area contributed by atoms with Crippen molar-refractivity contribution in [3.8, 4) is 11.4 Å². The Kier molecular flexibility index (Phi) is 3.82. The van der Waals surface area contributed by atoms with Crippen molar-refractivity contribution in [2.24, 2.45) is 0 Å². The summed E-state index contributed by atoms with van der Waals surface area (Å²) in [6, 6.07) is 14.1. The fraction of sp³-hybridized carbons (Fsp3) is 0. The van der Waals surface area contributed by atoms with Gasteiger partial charge in [0.15, 0.2) is 5.82 Å². The molecule has 3 rings (SSSR count).